The Bertz CT molecular complexity index is 1050. The molecule has 0 bridgehead atoms. The van der Waals surface area contributed by atoms with Crippen molar-refractivity contribution in [2.45, 2.75) is 12.8 Å². The number of rotatable bonds is 2. The number of hydrogen-bond donors (Lipinski definition) is 1. The number of thiophene rings is 1. The van der Waals surface area contributed by atoms with Crippen LogP contribution in [0, 0.1) is 0 Å². The number of carbonyl (C=O) groups excluding carboxylic acids is 1. The van der Waals surface area contributed by atoms with E-state index in [4.69, 9.17) is 10.8 Å². The number of piperazine rings is 1. The van der Waals surface area contributed by atoms with Crippen LogP contribution in [0.1, 0.15) is 20.9 Å². The first kappa shape index (κ1) is 17.5. The average Bonchev–Trinajstić information content (AvgIpc) is 3.32. The number of carbonyl (C=O) groups is 1. The number of fused-ring (bicyclic) bond motifs is 3. The number of amides is 1. The molecule has 0 atom stereocenters. The van der Waals surface area contributed by atoms with Crippen molar-refractivity contribution in [1.29, 1.82) is 0 Å². The fourth-order valence-corrected chi connectivity index (χ4v) is 5.00. The molecule has 3 heterocycles. The van der Waals surface area contributed by atoms with Gasteiger partial charge in [0.05, 0.1) is 11.4 Å². The normalized spacial score (nSPS) is 16.7. The highest BCUT2D eigenvalue weighted by molar-refractivity contribution is 7.10. The number of nitrogens with two attached hydrogens (primary N) is 1. The third-order valence-electron chi connectivity index (χ3n) is 5.69. The fraction of sp³-hybridized carbons (Fsp3) is 0.333. The summed E-state index contributed by atoms with van der Waals surface area (Å²) in [5.41, 5.74) is 11.5. The molecular weight excluding hydrogens is 370 g/mol. The predicted octanol–water partition coefficient (Wildman–Crippen LogP) is 2.67. The van der Waals surface area contributed by atoms with E-state index in [0.717, 1.165) is 56.0 Å². The standard InChI is InChI=1S/C21H23N5OS/c1-24-8-10-25(11-9-24)21(27)19-17-5-6-18-16(7-12-28-18)20(17)26(23-19)15-4-2-3-14(22)13-15/h2-4,7,12-13H,5-6,8-11,22H2,1H3. The third-order valence-corrected chi connectivity index (χ3v) is 6.67. The molecule has 1 amide bonds. The third kappa shape index (κ3) is 2.82. The van der Waals surface area contributed by atoms with Crippen molar-refractivity contribution in [2.75, 3.05) is 39.0 Å². The summed E-state index contributed by atoms with van der Waals surface area (Å²) in [6.45, 7) is 3.30. The van der Waals surface area contributed by atoms with E-state index in [-0.39, 0.29) is 5.91 Å². The van der Waals surface area contributed by atoms with Crippen molar-refractivity contribution in [3.63, 3.8) is 0 Å². The largest absolute Gasteiger partial charge is 0.399 e. The lowest BCUT2D eigenvalue weighted by molar-refractivity contribution is 0.0656. The molecule has 6 nitrogen and oxygen atoms in total. The van der Waals surface area contributed by atoms with Crippen molar-refractivity contribution in [3.8, 4) is 16.9 Å². The van der Waals surface area contributed by atoms with Gasteiger partial charge in [0.25, 0.3) is 5.91 Å². The predicted molar refractivity (Wildman–Crippen MR) is 112 cm³/mol. The van der Waals surface area contributed by atoms with Crippen LogP contribution >= 0.6 is 11.3 Å². The van der Waals surface area contributed by atoms with Gasteiger partial charge in [-0.3, -0.25) is 4.79 Å². The molecule has 0 radical (unpaired) electrons. The Morgan fingerprint density at radius 3 is 2.75 bits per heavy atom. The molecule has 1 fully saturated rings. The van der Waals surface area contributed by atoms with Crippen LogP contribution in [0.4, 0.5) is 5.69 Å². The molecule has 28 heavy (non-hydrogen) atoms. The van der Waals surface area contributed by atoms with Crippen LogP contribution < -0.4 is 5.73 Å². The molecule has 0 saturated carbocycles. The van der Waals surface area contributed by atoms with E-state index in [1.807, 2.05) is 33.8 Å². The quantitative estimate of drug-likeness (QED) is 0.680. The van der Waals surface area contributed by atoms with Crippen molar-refractivity contribution in [1.82, 2.24) is 19.6 Å². The lowest BCUT2D eigenvalue weighted by atomic mass is 9.94. The summed E-state index contributed by atoms with van der Waals surface area (Å²) in [6, 6.07) is 9.85. The van der Waals surface area contributed by atoms with E-state index in [9.17, 15) is 4.79 Å². The van der Waals surface area contributed by atoms with Crippen LogP contribution in [0.15, 0.2) is 35.7 Å². The minimum absolute atomic E-state index is 0.0469. The number of aryl methyl sites for hydroxylation is 1. The highest BCUT2D eigenvalue weighted by Gasteiger charge is 2.32. The minimum Gasteiger partial charge on any atom is -0.399 e. The molecule has 144 valence electrons. The number of hydrogen-bond acceptors (Lipinski definition) is 5. The zero-order valence-electron chi connectivity index (χ0n) is 15.9. The van der Waals surface area contributed by atoms with Crippen LogP contribution in [0.3, 0.4) is 0 Å². The maximum absolute atomic E-state index is 13.3. The zero-order chi connectivity index (χ0) is 19.3. The summed E-state index contributed by atoms with van der Waals surface area (Å²) in [7, 11) is 2.09. The Labute approximate surface area is 168 Å². The van der Waals surface area contributed by atoms with Gasteiger partial charge in [0, 0.05) is 47.9 Å². The first-order valence-electron chi connectivity index (χ1n) is 9.64. The lowest BCUT2D eigenvalue weighted by Crippen LogP contribution is -2.47. The Morgan fingerprint density at radius 1 is 1.14 bits per heavy atom. The van der Waals surface area contributed by atoms with Gasteiger partial charge < -0.3 is 15.5 Å². The van der Waals surface area contributed by atoms with Gasteiger partial charge in [-0.1, -0.05) is 6.07 Å². The summed E-state index contributed by atoms with van der Waals surface area (Å²) < 4.78 is 1.92. The van der Waals surface area contributed by atoms with E-state index in [1.54, 1.807) is 11.3 Å². The summed E-state index contributed by atoms with van der Waals surface area (Å²) >= 11 is 1.78. The van der Waals surface area contributed by atoms with E-state index in [0.29, 0.717) is 11.4 Å². The molecule has 0 spiro atoms. The molecule has 3 aromatic rings. The van der Waals surface area contributed by atoms with Gasteiger partial charge in [0.2, 0.25) is 0 Å². The van der Waals surface area contributed by atoms with Crippen molar-refractivity contribution >= 4 is 22.9 Å². The molecule has 1 aromatic carbocycles. The maximum Gasteiger partial charge on any atom is 0.274 e. The van der Waals surface area contributed by atoms with Crippen LogP contribution in [0.2, 0.25) is 0 Å². The molecule has 2 aromatic heterocycles. The number of nitrogens with zero attached hydrogens (tertiary/aromatic N) is 4. The first-order valence-corrected chi connectivity index (χ1v) is 10.5. The van der Waals surface area contributed by atoms with Gasteiger partial charge in [-0.25, -0.2) is 4.68 Å². The highest BCUT2D eigenvalue weighted by Crippen LogP contribution is 2.39. The van der Waals surface area contributed by atoms with Gasteiger partial charge in [-0.2, -0.15) is 5.10 Å². The van der Waals surface area contributed by atoms with E-state index in [2.05, 4.69) is 23.4 Å². The summed E-state index contributed by atoms with van der Waals surface area (Å²) in [5, 5.41) is 6.96. The van der Waals surface area contributed by atoms with Crippen molar-refractivity contribution < 1.29 is 4.79 Å². The van der Waals surface area contributed by atoms with Crippen LogP contribution in [0.5, 0.6) is 0 Å². The zero-order valence-corrected chi connectivity index (χ0v) is 16.7. The number of benzene rings is 1. The van der Waals surface area contributed by atoms with Gasteiger partial charge in [0.1, 0.15) is 0 Å². The molecule has 7 heteroatoms. The maximum atomic E-state index is 13.3. The highest BCUT2D eigenvalue weighted by atomic mass is 32.1. The molecule has 1 saturated heterocycles. The Morgan fingerprint density at radius 2 is 1.96 bits per heavy atom. The Kier molecular flexibility index (Phi) is 4.21. The molecule has 5 rings (SSSR count). The van der Waals surface area contributed by atoms with Crippen molar-refractivity contribution in [2.24, 2.45) is 0 Å². The van der Waals surface area contributed by atoms with E-state index in [1.165, 1.54) is 10.4 Å². The SMILES string of the molecule is CN1CCN(C(=O)c2nn(-c3cccc(N)c3)c3c2CCc2sccc2-3)CC1. The van der Waals surface area contributed by atoms with Gasteiger partial charge in [-0.05, 0) is 49.5 Å². The number of anilines is 1. The minimum atomic E-state index is 0.0469. The van der Waals surface area contributed by atoms with E-state index < -0.39 is 0 Å². The summed E-state index contributed by atoms with van der Waals surface area (Å²) in [5.74, 6) is 0.0469. The number of aromatic nitrogens is 2. The summed E-state index contributed by atoms with van der Waals surface area (Å²) in [6.07, 6.45) is 1.81. The fourth-order valence-electron chi connectivity index (χ4n) is 4.12. The molecule has 0 unspecified atom stereocenters. The monoisotopic (exact) mass is 393 g/mol. The lowest BCUT2D eigenvalue weighted by Gasteiger charge is -2.32. The number of nitrogen functional groups attached to an aromatic ring is 1. The second kappa shape index (κ2) is 6.76. The topological polar surface area (TPSA) is 67.4 Å². The smallest absolute Gasteiger partial charge is 0.274 e. The Hall–Kier alpha value is -2.64. The second-order valence-electron chi connectivity index (χ2n) is 7.54. The van der Waals surface area contributed by atoms with Crippen LogP contribution in [-0.2, 0) is 12.8 Å². The van der Waals surface area contributed by atoms with Gasteiger partial charge >= 0.3 is 0 Å². The molecular formula is C21H23N5OS. The molecule has 2 N–H and O–H groups in total. The average molecular weight is 394 g/mol. The van der Waals surface area contributed by atoms with Gasteiger partial charge in [0.15, 0.2) is 5.69 Å². The Balaban J connectivity index is 1.64. The second-order valence-corrected chi connectivity index (χ2v) is 8.54. The first-order chi connectivity index (χ1) is 13.6. The van der Waals surface area contributed by atoms with E-state index >= 15 is 0 Å². The number of likely N-dealkylation sites (N-methyl/N-ethyl adjacent to an activating group) is 1. The van der Waals surface area contributed by atoms with Crippen LogP contribution in [0.25, 0.3) is 16.9 Å². The summed E-state index contributed by atoms with van der Waals surface area (Å²) in [4.78, 5) is 18.9. The molecule has 1 aliphatic heterocycles. The van der Waals surface area contributed by atoms with Crippen LogP contribution in [-0.4, -0.2) is 58.7 Å². The molecule has 1 aliphatic carbocycles. The van der Waals surface area contributed by atoms with Crippen molar-refractivity contribution in [3.05, 3.63) is 51.8 Å². The molecule has 2 aliphatic rings. The van der Waals surface area contributed by atoms with Gasteiger partial charge in [-0.15, -0.1) is 11.3 Å².